The van der Waals surface area contributed by atoms with E-state index >= 15 is 0 Å². The van der Waals surface area contributed by atoms with Crippen molar-refractivity contribution in [3.8, 4) is 0 Å². The van der Waals surface area contributed by atoms with Gasteiger partial charge in [0, 0.05) is 0 Å². The van der Waals surface area contributed by atoms with Crippen LogP contribution >= 0.6 is 46.6 Å². The van der Waals surface area contributed by atoms with Crippen LogP contribution in [0, 0.1) is 5.92 Å². The van der Waals surface area contributed by atoms with Crippen LogP contribution in [0.2, 0.25) is 15.2 Å². The first kappa shape index (κ1) is 13.4. The van der Waals surface area contributed by atoms with Gasteiger partial charge in [-0.3, -0.25) is 0 Å². The van der Waals surface area contributed by atoms with Gasteiger partial charge in [0.2, 0.25) is 0 Å². The summed E-state index contributed by atoms with van der Waals surface area (Å²) in [6.07, 6.45) is 1.13. The standard InChI is InChI=1S/C10H12Cl3NS/c1-6(2)3-4-15-10-8(12)5-7(11)9(13)14-10/h5-6H,3-4H2,1-2H3. The molecule has 0 N–H and O–H groups in total. The zero-order valence-corrected chi connectivity index (χ0v) is 11.6. The minimum Gasteiger partial charge on any atom is -0.227 e. The van der Waals surface area contributed by atoms with Crippen LogP contribution in [0.5, 0.6) is 0 Å². The quantitative estimate of drug-likeness (QED) is 0.558. The number of nitrogens with zero attached hydrogens (tertiary/aromatic N) is 1. The van der Waals surface area contributed by atoms with E-state index in [9.17, 15) is 0 Å². The summed E-state index contributed by atoms with van der Waals surface area (Å²) in [4.78, 5) is 4.13. The van der Waals surface area contributed by atoms with Crippen LogP contribution in [0.4, 0.5) is 0 Å². The van der Waals surface area contributed by atoms with Crippen molar-refractivity contribution in [2.45, 2.75) is 25.3 Å². The van der Waals surface area contributed by atoms with Crippen molar-refractivity contribution in [1.82, 2.24) is 4.98 Å². The third-order valence-electron chi connectivity index (χ3n) is 1.79. The monoisotopic (exact) mass is 283 g/mol. The lowest BCUT2D eigenvalue weighted by Crippen LogP contribution is -1.91. The number of pyridine rings is 1. The summed E-state index contributed by atoms with van der Waals surface area (Å²) < 4.78 is 0. The molecule has 0 unspecified atom stereocenters. The first-order valence-electron chi connectivity index (χ1n) is 4.65. The van der Waals surface area contributed by atoms with Gasteiger partial charge < -0.3 is 0 Å². The second-order valence-electron chi connectivity index (χ2n) is 3.58. The van der Waals surface area contributed by atoms with Crippen LogP contribution in [0.1, 0.15) is 20.3 Å². The van der Waals surface area contributed by atoms with E-state index in [1.807, 2.05) is 0 Å². The van der Waals surface area contributed by atoms with E-state index in [0.717, 1.165) is 17.2 Å². The Morgan fingerprint density at radius 1 is 1.27 bits per heavy atom. The van der Waals surface area contributed by atoms with E-state index in [2.05, 4.69) is 18.8 Å². The molecule has 0 bridgehead atoms. The Balaban J connectivity index is 2.65. The first-order chi connectivity index (χ1) is 7.00. The molecule has 1 rings (SSSR count). The summed E-state index contributed by atoms with van der Waals surface area (Å²) in [5.41, 5.74) is 0. The second kappa shape index (κ2) is 6.19. The molecule has 1 aromatic rings. The van der Waals surface area contributed by atoms with Crippen LogP contribution in [0.25, 0.3) is 0 Å². The number of hydrogen-bond donors (Lipinski definition) is 0. The Labute approximate surface area is 110 Å². The highest BCUT2D eigenvalue weighted by Gasteiger charge is 2.08. The Morgan fingerprint density at radius 2 is 1.93 bits per heavy atom. The summed E-state index contributed by atoms with van der Waals surface area (Å²) in [5.74, 6) is 1.67. The van der Waals surface area contributed by atoms with Crippen molar-refractivity contribution in [2.75, 3.05) is 5.75 Å². The predicted molar refractivity (Wildman–Crippen MR) is 69.4 cm³/mol. The molecule has 0 aliphatic carbocycles. The van der Waals surface area contributed by atoms with Crippen molar-refractivity contribution in [3.05, 3.63) is 21.3 Å². The van der Waals surface area contributed by atoms with Crippen LogP contribution in [-0.4, -0.2) is 10.7 Å². The van der Waals surface area contributed by atoms with E-state index in [1.54, 1.807) is 17.8 Å². The molecule has 0 fully saturated rings. The van der Waals surface area contributed by atoms with Crippen LogP contribution in [0.3, 0.4) is 0 Å². The highest BCUT2D eigenvalue weighted by atomic mass is 35.5. The number of hydrogen-bond acceptors (Lipinski definition) is 2. The fraction of sp³-hybridized carbons (Fsp3) is 0.500. The molecule has 0 saturated heterocycles. The Bertz CT molecular complexity index is 342. The van der Waals surface area contributed by atoms with Crippen molar-refractivity contribution in [2.24, 2.45) is 5.92 Å². The lowest BCUT2D eigenvalue weighted by molar-refractivity contribution is 0.632. The number of thioether (sulfide) groups is 1. The highest BCUT2D eigenvalue weighted by molar-refractivity contribution is 7.99. The molecule has 0 atom stereocenters. The molecule has 0 radical (unpaired) electrons. The topological polar surface area (TPSA) is 12.9 Å². The zero-order valence-electron chi connectivity index (χ0n) is 8.56. The van der Waals surface area contributed by atoms with Gasteiger partial charge in [-0.15, -0.1) is 11.8 Å². The molecular formula is C10H12Cl3NS. The molecular weight excluding hydrogens is 273 g/mol. The predicted octanol–water partition coefficient (Wildman–Crippen LogP) is 5.18. The maximum absolute atomic E-state index is 5.99. The fourth-order valence-corrected chi connectivity index (χ4v) is 2.77. The summed E-state index contributed by atoms with van der Waals surface area (Å²) in [7, 11) is 0. The summed E-state index contributed by atoms with van der Waals surface area (Å²) in [5, 5.41) is 2.04. The third-order valence-corrected chi connectivity index (χ3v) is 3.89. The van der Waals surface area contributed by atoms with Crippen molar-refractivity contribution < 1.29 is 0 Å². The van der Waals surface area contributed by atoms with E-state index < -0.39 is 0 Å². The normalized spacial score (nSPS) is 11.1. The fourth-order valence-electron chi connectivity index (χ4n) is 0.921. The van der Waals surface area contributed by atoms with E-state index in [1.165, 1.54) is 0 Å². The second-order valence-corrected chi connectivity index (χ2v) is 5.83. The van der Waals surface area contributed by atoms with Crippen LogP contribution in [-0.2, 0) is 0 Å². The van der Waals surface area contributed by atoms with Gasteiger partial charge in [0.1, 0.15) is 10.2 Å². The molecule has 0 aliphatic rings. The van der Waals surface area contributed by atoms with E-state index in [-0.39, 0.29) is 0 Å². The van der Waals surface area contributed by atoms with E-state index in [4.69, 9.17) is 34.8 Å². The van der Waals surface area contributed by atoms with Gasteiger partial charge in [0.25, 0.3) is 0 Å². The molecule has 1 nitrogen and oxygen atoms in total. The third kappa shape index (κ3) is 4.39. The molecule has 15 heavy (non-hydrogen) atoms. The van der Waals surface area contributed by atoms with E-state index in [0.29, 0.717) is 21.1 Å². The van der Waals surface area contributed by atoms with Gasteiger partial charge in [0.15, 0.2) is 0 Å². The largest absolute Gasteiger partial charge is 0.227 e. The molecule has 0 amide bonds. The average molecular weight is 285 g/mol. The molecule has 84 valence electrons. The van der Waals surface area contributed by atoms with Crippen LogP contribution in [0.15, 0.2) is 11.1 Å². The lowest BCUT2D eigenvalue weighted by atomic mass is 10.2. The minimum atomic E-state index is 0.313. The number of halogens is 3. The first-order valence-corrected chi connectivity index (χ1v) is 6.77. The lowest BCUT2D eigenvalue weighted by Gasteiger charge is -2.06. The van der Waals surface area contributed by atoms with Crippen molar-refractivity contribution in [1.29, 1.82) is 0 Å². The Kier molecular flexibility index (Phi) is 5.54. The maximum Gasteiger partial charge on any atom is 0.149 e. The molecule has 0 spiro atoms. The molecule has 5 heteroatoms. The molecule has 0 aliphatic heterocycles. The van der Waals surface area contributed by atoms with Gasteiger partial charge in [-0.25, -0.2) is 4.98 Å². The van der Waals surface area contributed by atoms with Crippen molar-refractivity contribution >= 4 is 46.6 Å². The molecule has 0 saturated carbocycles. The smallest absolute Gasteiger partial charge is 0.149 e. The summed E-state index contributed by atoms with van der Waals surface area (Å²) in [6, 6.07) is 1.64. The number of aromatic nitrogens is 1. The van der Waals surface area contributed by atoms with Gasteiger partial charge in [0.05, 0.1) is 10.0 Å². The van der Waals surface area contributed by atoms with Crippen LogP contribution < -0.4 is 0 Å². The summed E-state index contributed by atoms with van der Waals surface area (Å²) in [6.45, 7) is 4.37. The Hall–Kier alpha value is 0.370. The van der Waals surface area contributed by atoms with Gasteiger partial charge >= 0.3 is 0 Å². The average Bonchev–Trinajstić information content (AvgIpc) is 2.13. The van der Waals surface area contributed by atoms with Gasteiger partial charge in [-0.05, 0) is 24.2 Å². The van der Waals surface area contributed by atoms with Gasteiger partial charge in [-0.2, -0.15) is 0 Å². The summed E-state index contributed by atoms with van der Waals surface area (Å²) >= 11 is 19.2. The van der Waals surface area contributed by atoms with Gasteiger partial charge in [-0.1, -0.05) is 48.7 Å². The zero-order chi connectivity index (χ0) is 11.4. The number of rotatable bonds is 4. The molecule has 0 aromatic carbocycles. The Morgan fingerprint density at radius 3 is 2.53 bits per heavy atom. The SMILES string of the molecule is CC(C)CCSc1nc(Cl)c(Cl)cc1Cl. The molecule has 1 aromatic heterocycles. The molecule has 1 heterocycles. The van der Waals surface area contributed by atoms with Crippen molar-refractivity contribution in [3.63, 3.8) is 0 Å². The minimum absolute atomic E-state index is 0.313. The highest BCUT2D eigenvalue weighted by Crippen LogP contribution is 2.32. The maximum atomic E-state index is 5.99.